The van der Waals surface area contributed by atoms with Crippen LogP contribution in [0.4, 0.5) is 10.5 Å². The number of carbonyl (C=O) groups is 1. The molecule has 90 valence electrons. The summed E-state index contributed by atoms with van der Waals surface area (Å²) < 4.78 is 4.38. The summed E-state index contributed by atoms with van der Waals surface area (Å²) in [7, 11) is 1.31. The Balaban J connectivity index is 0.000000385. The van der Waals surface area contributed by atoms with Crippen LogP contribution in [0.2, 0.25) is 0 Å². The fraction of sp³-hybridized carbons (Fsp3) is 0.500. The first kappa shape index (κ1) is 14.4. The van der Waals surface area contributed by atoms with E-state index in [0.717, 1.165) is 5.92 Å². The van der Waals surface area contributed by atoms with Gasteiger partial charge in [-0.05, 0) is 18.1 Å². The van der Waals surface area contributed by atoms with Gasteiger partial charge in [-0.2, -0.15) is 0 Å². The van der Waals surface area contributed by atoms with Crippen LogP contribution < -0.4 is 5.32 Å². The van der Waals surface area contributed by atoms with Gasteiger partial charge in [-0.15, -0.1) is 0 Å². The number of nitrogens with zero attached hydrogens (tertiary/aromatic N) is 1. The maximum atomic E-state index is 10.6. The van der Waals surface area contributed by atoms with Gasteiger partial charge in [0.2, 0.25) is 0 Å². The van der Waals surface area contributed by atoms with Crippen molar-refractivity contribution in [2.45, 2.75) is 27.2 Å². The third-order valence-electron chi connectivity index (χ3n) is 1.91. The fourth-order valence-corrected chi connectivity index (χ4v) is 0.606. The van der Waals surface area contributed by atoms with Crippen molar-refractivity contribution >= 4 is 11.8 Å². The van der Waals surface area contributed by atoms with Crippen LogP contribution in [0.25, 0.3) is 0 Å². The number of rotatable bonds is 2. The quantitative estimate of drug-likeness (QED) is 0.838. The Morgan fingerprint density at radius 1 is 1.56 bits per heavy atom. The smallest absolute Gasteiger partial charge is 0.411 e. The Kier molecular flexibility index (Phi) is 7.85. The average molecular weight is 224 g/mol. The summed E-state index contributed by atoms with van der Waals surface area (Å²) in [5.74, 6) is 0.884. The molecule has 0 bridgehead atoms. The van der Waals surface area contributed by atoms with Crippen LogP contribution in [0.3, 0.4) is 0 Å². The summed E-state index contributed by atoms with van der Waals surface area (Å²) in [6.45, 7) is 6.64. The maximum absolute atomic E-state index is 10.6. The molecule has 0 atom stereocenters. The minimum Gasteiger partial charge on any atom is -0.453 e. The molecule has 0 aliphatic heterocycles. The van der Waals surface area contributed by atoms with Crippen molar-refractivity contribution < 1.29 is 9.53 Å². The minimum absolute atomic E-state index is 0.488. The highest BCUT2D eigenvalue weighted by atomic mass is 16.5. The van der Waals surface area contributed by atoms with Gasteiger partial charge >= 0.3 is 6.09 Å². The predicted molar refractivity (Wildman–Crippen MR) is 65.4 cm³/mol. The molecular formula is C12H20N2O2. The summed E-state index contributed by atoms with van der Waals surface area (Å²) in [5, 5.41) is 2.47. The molecule has 0 aliphatic carbocycles. The van der Waals surface area contributed by atoms with Crippen molar-refractivity contribution in [1.82, 2.24) is 4.98 Å². The van der Waals surface area contributed by atoms with E-state index < -0.39 is 6.09 Å². The van der Waals surface area contributed by atoms with E-state index in [1.165, 1.54) is 19.7 Å². The van der Waals surface area contributed by atoms with E-state index >= 15 is 0 Å². The molecule has 4 heteroatoms. The van der Waals surface area contributed by atoms with E-state index in [2.05, 4.69) is 35.8 Å². The molecule has 1 amide bonds. The number of methoxy groups -OCH3 is 1. The van der Waals surface area contributed by atoms with E-state index in [1.54, 1.807) is 18.3 Å². The highest BCUT2D eigenvalue weighted by Gasteiger charge is 1.97. The number of amides is 1. The lowest BCUT2D eigenvalue weighted by Crippen LogP contribution is -2.10. The number of carbonyl (C=O) groups excluding carboxylic acids is 1. The highest BCUT2D eigenvalue weighted by molar-refractivity contribution is 5.83. The molecule has 0 aliphatic rings. The molecule has 0 saturated heterocycles. The number of hydrogen-bond acceptors (Lipinski definition) is 3. The summed E-state index contributed by atoms with van der Waals surface area (Å²) in [6.07, 6.45) is 3.98. The normalized spacial score (nSPS) is 9.06. The summed E-state index contributed by atoms with van der Waals surface area (Å²) >= 11 is 0. The lowest BCUT2D eigenvalue weighted by Gasteiger charge is -2.00. The topological polar surface area (TPSA) is 51.2 Å². The zero-order valence-electron chi connectivity index (χ0n) is 10.4. The predicted octanol–water partition coefficient (Wildman–Crippen LogP) is 3.31. The van der Waals surface area contributed by atoms with Crippen LogP contribution in [0.1, 0.15) is 27.2 Å². The first-order valence-electron chi connectivity index (χ1n) is 5.35. The Bertz CT molecular complexity index is 286. The van der Waals surface area contributed by atoms with Gasteiger partial charge in [-0.25, -0.2) is 4.79 Å². The summed E-state index contributed by atoms with van der Waals surface area (Å²) in [6, 6.07) is 3.45. The van der Waals surface area contributed by atoms with Crippen molar-refractivity contribution in [3.63, 3.8) is 0 Å². The van der Waals surface area contributed by atoms with Crippen LogP contribution in [-0.2, 0) is 4.74 Å². The molecule has 0 fully saturated rings. The molecule has 1 N–H and O–H groups in total. The lowest BCUT2D eigenvalue weighted by molar-refractivity contribution is 0.187. The lowest BCUT2D eigenvalue weighted by atomic mass is 10.2. The first-order valence-corrected chi connectivity index (χ1v) is 5.35. The molecule has 0 saturated carbocycles. The zero-order valence-corrected chi connectivity index (χ0v) is 10.4. The SMILES string of the molecule is CCC(C)C.COC(=O)Nc1cccnc1. The number of ether oxygens (including phenoxy) is 1. The standard InChI is InChI=1S/C7H8N2O2.C5H12/c1-11-7(10)9-6-3-2-4-8-5-6;1-4-5(2)3/h2-5H,1H3,(H,9,10);5H,4H2,1-3H3. The van der Waals surface area contributed by atoms with Gasteiger partial charge in [0.15, 0.2) is 0 Å². The zero-order chi connectivity index (χ0) is 12.4. The van der Waals surface area contributed by atoms with E-state index in [9.17, 15) is 4.79 Å². The van der Waals surface area contributed by atoms with Gasteiger partial charge in [0.1, 0.15) is 0 Å². The van der Waals surface area contributed by atoms with Crippen molar-refractivity contribution in [2.75, 3.05) is 12.4 Å². The van der Waals surface area contributed by atoms with Gasteiger partial charge < -0.3 is 4.74 Å². The van der Waals surface area contributed by atoms with Crippen molar-refractivity contribution in [1.29, 1.82) is 0 Å². The van der Waals surface area contributed by atoms with Crippen LogP contribution in [0.15, 0.2) is 24.5 Å². The van der Waals surface area contributed by atoms with Crippen LogP contribution in [0, 0.1) is 5.92 Å². The third-order valence-corrected chi connectivity index (χ3v) is 1.91. The molecule has 16 heavy (non-hydrogen) atoms. The number of nitrogens with one attached hydrogen (secondary N) is 1. The summed E-state index contributed by atoms with van der Waals surface area (Å²) in [4.78, 5) is 14.4. The number of anilines is 1. The van der Waals surface area contributed by atoms with Gasteiger partial charge in [-0.1, -0.05) is 27.2 Å². The number of pyridine rings is 1. The molecule has 1 heterocycles. The van der Waals surface area contributed by atoms with Gasteiger partial charge in [0, 0.05) is 6.20 Å². The van der Waals surface area contributed by atoms with E-state index in [1.807, 2.05) is 0 Å². The molecule has 4 nitrogen and oxygen atoms in total. The highest BCUT2D eigenvalue weighted by Crippen LogP contribution is 2.01. The Hall–Kier alpha value is -1.58. The van der Waals surface area contributed by atoms with Crippen molar-refractivity contribution in [3.05, 3.63) is 24.5 Å². The molecule has 1 rings (SSSR count). The first-order chi connectivity index (χ1) is 7.60. The average Bonchev–Trinajstić information content (AvgIpc) is 2.31. The second-order valence-electron chi connectivity index (χ2n) is 3.66. The van der Waals surface area contributed by atoms with E-state index in [0.29, 0.717) is 5.69 Å². The van der Waals surface area contributed by atoms with E-state index in [4.69, 9.17) is 0 Å². The Morgan fingerprint density at radius 2 is 2.19 bits per heavy atom. The summed E-state index contributed by atoms with van der Waals surface area (Å²) in [5.41, 5.74) is 0.624. The van der Waals surface area contributed by atoms with Gasteiger partial charge in [-0.3, -0.25) is 10.3 Å². The maximum Gasteiger partial charge on any atom is 0.411 e. The largest absolute Gasteiger partial charge is 0.453 e. The second kappa shape index (κ2) is 8.71. The molecule has 1 aromatic heterocycles. The fourth-order valence-electron chi connectivity index (χ4n) is 0.606. The Labute approximate surface area is 97.0 Å². The van der Waals surface area contributed by atoms with E-state index in [-0.39, 0.29) is 0 Å². The molecule has 0 radical (unpaired) electrons. The molecular weight excluding hydrogens is 204 g/mol. The van der Waals surface area contributed by atoms with Crippen molar-refractivity contribution in [3.8, 4) is 0 Å². The monoisotopic (exact) mass is 224 g/mol. The van der Waals surface area contributed by atoms with Gasteiger partial charge in [0.05, 0.1) is 19.0 Å². The number of hydrogen-bond donors (Lipinski definition) is 1. The van der Waals surface area contributed by atoms with Crippen LogP contribution in [0.5, 0.6) is 0 Å². The second-order valence-corrected chi connectivity index (χ2v) is 3.66. The minimum atomic E-state index is -0.488. The third kappa shape index (κ3) is 7.79. The molecule has 0 unspecified atom stereocenters. The van der Waals surface area contributed by atoms with Crippen LogP contribution in [-0.4, -0.2) is 18.2 Å². The molecule has 0 spiro atoms. The molecule has 1 aromatic rings. The van der Waals surface area contributed by atoms with Gasteiger partial charge in [0.25, 0.3) is 0 Å². The van der Waals surface area contributed by atoms with Crippen LogP contribution >= 0.6 is 0 Å². The Morgan fingerprint density at radius 3 is 2.56 bits per heavy atom. The molecule has 0 aromatic carbocycles. The van der Waals surface area contributed by atoms with Crippen molar-refractivity contribution in [2.24, 2.45) is 5.92 Å². The number of aromatic nitrogens is 1.